The molecule has 0 aliphatic carbocycles. The lowest BCUT2D eigenvalue weighted by Crippen LogP contribution is -1.95. The van der Waals surface area contributed by atoms with Gasteiger partial charge >= 0.3 is 0 Å². The van der Waals surface area contributed by atoms with E-state index in [4.69, 9.17) is 4.74 Å². The van der Waals surface area contributed by atoms with Gasteiger partial charge < -0.3 is 9.84 Å². The number of hydrogen-bond acceptors (Lipinski definition) is 3. The maximum Gasteiger partial charge on any atom is 0.128 e. The summed E-state index contributed by atoms with van der Waals surface area (Å²) < 4.78 is 5.48. The molecule has 0 atom stereocenters. The zero-order chi connectivity index (χ0) is 15.2. The Morgan fingerprint density at radius 1 is 1.10 bits per heavy atom. The van der Waals surface area contributed by atoms with Crippen LogP contribution in [0.5, 0.6) is 11.5 Å². The number of nitrogens with zero attached hydrogens (tertiary/aromatic N) is 1. The molecule has 0 fully saturated rings. The Labute approximate surface area is 125 Å². The highest BCUT2D eigenvalue weighted by Gasteiger charge is 2.01. The average molecular weight is 283 g/mol. The van der Waals surface area contributed by atoms with Gasteiger partial charge in [0.05, 0.1) is 12.3 Å². The fourth-order valence-corrected chi connectivity index (χ4v) is 2.11. The number of phenols is 1. The van der Waals surface area contributed by atoms with Gasteiger partial charge in [-0.2, -0.15) is 0 Å². The molecule has 0 aliphatic heterocycles. The summed E-state index contributed by atoms with van der Waals surface area (Å²) in [4.78, 5) is 4.42. The lowest BCUT2D eigenvalue weighted by molar-refractivity contribution is 0.315. The molecule has 0 radical (unpaired) electrons. The van der Waals surface area contributed by atoms with Crippen LogP contribution in [0.2, 0.25) is 0 Å². The van der Waals surface area contributed by atoms with Gasteiger partial charge in [-0.25, -0.2) is 0 Å². The van der Waals surface area contributed by atoms with E-state index in [0.29, 0.717) is 17.9 Å². The summed E-state index contributed by atoms with van der Waals surface area (Å²) in [7, 11) is 0. The standard InChI is InChI=1S/C18H21NO2/c1-4-7-21-17-6-5-15(18(20)11-17)12-19-16-9-13(2)8-14(3)10-16/h5-6,8-12,20H,4,7H2,1-3H3. The van der Waals surface area contributed by atoms with E-state index in [0.717, 1.165) is 12.1 Å². The molecule has 3 nitrogen and oxygen atoms in total. The number of aryl methyl sites for hydroxylation is 2. The van der Waals surface area contributed by atoms with Crippen molar-refractivity contribution < 1.29 is 9.84 Å². The lowest BCUT2D eigenvalue weighted by atomic mass is 10.1. The topological polar surface area (TPSA) is 41.8 Å². The number of aromatic hydroxyl groups is 1. The Morgan fingerprint density at radius 2 is 1.81 bits per heavy atom. The Bertz CT molecular complexity index is 627. The summed E-state index contributed by atoms with van der Waals surface area (Å²) in [6, 6.07) is 11.4. The van der Waals surface area contributed by atoms with Gasteiger partial charge in [0.15, 0.2) is 0 Å². The van der Waals surface area contributed by atoms with Crippen LogP contribution >= 0.6 is 0 Å². The van der Waals surface area contributed by atoms with Crippen molar-refractivity contribution in [3.05, 3.63) is 53.1 Å². The highest BCUT2D eigenvalue weighted by Crippen LogP contribution is 2.24. The predicted octanol–water partition coefficient (Wildman–Crippen LogP) is 4.55. The number of phenolic OH excluding ortho intramolecular Hbond substituents is 1. The van der Waals surface area contributed by atoms with Crippen molar-refractivity contribution in [2.75, 3.05) is 6.61 Å². The molecule has 2 aromatic carbocycles. The number of hydrogen-bond donors (Lipinski definition) is 1. The van der Waals surface area contributed by atoms with Crippen molar-refractivity contribution in [1.29, 1.82) is 0 Å². The zero-order valence-corrected chi connectivity index (χ0v) is 12.8. The number of aliphatic imine (C=N–C) groups is 1. The first-order valence-corrected chi connectivity index (χ1v) is 7.16. The molecule has 0 saturated heterocycles. The fourth-order valence-electron chi connectivity index (χ4n) is 2.11. The Balaban J connectivity index is 2.17. The molecule has 21 heavy (non-hydrogen) atoms. The molecular formula is C18H21NO2. The molecule has 3 heteroatoms. The van der Waals surface area contributed by atoms with Crippen LogP contribution < -0.4 is 4.74 Å². The van der Waals surface area contributed by atoms with Crippen LogP contribution in [-0.2, 0) is 0 Å². The molecule has 0 heterocycles. The third kappa shape index (κ3) is 4.35. The van der Waals surface area contributed by atoms with Crippen LogP contribution in [0.15, 0.2) is 41.4 Å². The second kappa shape index (κ2) is 6.93. The molecule has 2 rings (SSSR count). The van der Waals surface area contributed by atoms with Gasteiger partial charge in [0.25, 0.3) is 0 Å². The van der Waals surface area contributed by atoms with E-state index < -0.39 is 0 Å². The molecule has 0 unspecified atom stereocenters. The fraction of sp³-hybridized carbons (Fsp3) is 0.278. The van der Waals surface area contributed by atoms with Gasteiger partial charge in [0.2, 0.25) is 0 Å². The van der Waals surface area contributed by atoms with Crippen LogP contribution in [-0.4, -0.2) is 17.9 Å². The maximum atomic E-state index is 10.0. The molecule has 0 amide bonds. The second-order valence-electron chi connectivity index (χ2n) is 5.17. The minimum Gasteiger partial charge on any atom is -0.507 e. The Morgan fingerprint density at radius 3 is 2.43 bits per heavy atom. The predicted molar refractivity (Wildman–Crippen MR) is 87.1 cm³/mol. The molecule has 0 saturated carbocycles. The molecule has 110 valence electrons. The number of ether oxygens (including phenoxy) is 1. The van der Waals surface area contributed by atoms with E-state index in [-0.39, 0.29) is 5.75 Å². The summed E-state index contributed by atoms with van der Waals surface area (Å²) in [5.74, 6) is 0.856. The van der Waals surface area contributed by atoms with Crippen LogP contribution in [0, 0.1) is 13.8 Å². The average Bonchev–Trinajstić information content (AvgIpc) is 2.43. The van der Waals surface area contributed by atoms with Crippen LogP contribution in [0.3, 0.4) is 0 Å². The summed E-state index contributed by atoms with van der Waals surface area (Å²) in [5, 5.41) is 10.0. The van der Waals surface area contributed by atoms with Crippen molar-refractivity contribution in [1.82, 2.24) is 0 Å². The minimum absolute atomic E-state index is 0.178. The van der Waals surface area contributed by atoms with E-state index in [1.54, 1.807) is 12.3 Å². The summed E-state index contributed by atoms with van der Waals surface area (Å²) in [6.45, 7) is 6.78. The van der Waals surface area contributed by atoms with E-state index >= 15 is 0 Å². The van der Waals surface area contributed by atoms with Crippen molar-refractivity contribution in [2.45, 2.75) is 27.2 Å². The minimum atomic E-state index is 0.178. The van der Waals surface area contributed by atoms with E-state index in [1.165, 1.54) is 11.1 Å². The van der Waals surface area contributed by atoms with Gasteiger partial charge in [-0.05, 0) is 55.7 Å². The Kier molecular flexibility index (Phi) is 4.99. The van der Waals surface area contributed by atoms with Gasteiger partial charge in [0, 0.05) is 17.8 Å². The van der Waals surface area contributed by atoms with E-state index in [1.807, 2.05) is 45.0 Å². The van der Waals surface area contributed by atoms with Crippen molar-refractivity contribution in [3.63, 3.8) is 0 Å². The third-order valence-corrected chi connectivity index (χ3v) is 3.03. The van der Waals surface area contributed by atoms with E-state index in [9.17, 15) is 5.11 Å². The lowest BCUT2D eigenvalue weighted by Gasteiger charge is -2.06. The molecule has 0 spiro atoms. The normalized spacial score (nSPS) is 11.0. The largest absolute Gasteiger partial charge is 0.507 e. The first kappa shape index (κ1) is 15.1. The number of rotatable bonds is 5. The summed E-state index contributed by atoms with van der Waals surface area (Å²) >= 11 is 0. The maximum absolute atomic E-state index is 10.0. The van der Waals surface area contributed by atoms with Gasteiger partial charge in [-0.3, -0.25) is 4.99 Å². The molecule has 2 aromatic rings. The molecular weight excluding hydrogens is 262 g/mol. The number of benzene rings is 2. The highest BCUT2D eigenvalue weighted by molar-refractivity contribution is 5.85. The van der Waals surface area contributed by atoms with Gasteiger partial charge in [-0.15, -0.1) is 0 Å². The van der Waals surface area contributed by atoms with Crippen molar-refractivity contribution in [2.24, 2.45) is 4.99 Å². The second-order valence-corrected chi connectivity index (χ2v) is 5.17. The van der Waals surface area contributed by atoms with Gasteiger partial charge in [0.1, 0.15) is 11.5 Å². The molecule has 0 aliphatic rings. The quantitative estimate of drug-likeness (QED) is 0.818. The monoisotopic (exact) mass is 283 g/mol. The molecule has 0 bridgehead atoms. The Hall–Kier alpha value is -2.29. The van der Waals surface area contributed by atoms with Crippen LogP contribution in [0.1, 0.15) is 30.0 Å². The smallest absolute Gasteiger partial charge is 0.128 e. The summed E-state index contributed by atoms with van der Waals surface area (Å²) in [5.41, 5.74) is 3.92. The highest BCUT2D eigenvalue weighted by atomic mass is 16.5. The molecule has 0 aromatic heterocycles. The van der Waals surface area contributed by atoms with Crippen LogP contribution in [0.25, 0.3) is 0 Å². The molecule has 1 N–H and O–H groups in total. The van der Waals surface area contributed by atoms with Gasteiger partial charge in [-0.1, -0.05) is 13.0 Å². The third-order valence-electron chi connectivity index (χ3n) is 3.03. The zero-order valence-electron chi connectivity index (χ0n) is 12.8. The van der Waals surface area contributed by atoms with Crippen LogP contribution in [0.4, 0.5) is 5.69 Å². The van der Waals surface area contributed by atoms with Crippen molar-refractivity contribution in [3.8, 4) is 11.5 Å². The van der Waals surface area contributed by atoms with E-state index in [2.05, 4.69) is 11.1 Å². The summed E-state index contributed by atoms with van der Waals surface area (Å²) in [6.07, 6.45) is 2.61. The first-order valence-electron chi connectivity index (χ1n) is 7.16. The first-order chi connectivity index (χ1) is 10.1. The SMILES string of the molecule is CCCOc1ccc(C=Nc2cc(C)cc(C)c2)c(O)c1. The van der Waals surface area contributed by atoms with Crippen molar-refractivity contribution >= 4 is 11.9 Å².